The number of rotatable bonds is 12. The van der Waals surface area contributed by atoms with E-state index in [-0.39, 0.29) is 38.7 Å². The van der Waals surface area contributed by atoms with Gasteiger partial charge in [0.15, 0.2) is 0 Å². The summed E-state index contributed by atoms with van der Waals surface area (Å²) in [5.74, 6) is -0.160. The van der Waals surface area contributed by atoms with Crippen molar-refractivity contribution in [1.29, 1.82) is 0 Å². The Bertz CT molecular complexity index is 1230. The van der Waals surface area contributed by atoms with Crippen LogP contribution < -0.4 is 15.0 Å². The highest BCUT2D eigenvalue weighted by atomic mass is 16.6. The first-order valence-corrected chi connectivity index (χ1v) is 12.1. The molecule has 202 valence electrons. The van der Waals surface area contributed by atoms with E-state index >= 15 is 0 Å². The third-order valence-corrected chi connectivity index (χ3v) is 5.78. The number of hydrogen-bond donors (Lipinski definition) is 4. The number of amides is 1. The average molecular weight is 524 g/mol. The molecule has 1 amide bonds. The molecule has 1 atom stereocenters. The summed E-state index contributed by atoms with van der Waals surface area (Å²) in [5, 5.41) is 32.0. The Morgan fingerprint density at radius 2 is 1.66 bits per heavy atom. The highest BCUT2D eigenvalue weighted by Gasteiger charge is 2.23. The van der Waals surface area contributed by atoms with Crippen LogP contribution in [0.15, 0.2) is 54.7 Å². The molecule has 0 aliphatic rings. The Labute approximate surface area is 221 Å². The van der Waals surface area contributed by atoms with E-state index in [1.54, 1.807) is 49.5 Å². The van der Waals surface area contributed by atoms with Gasteiger partial charge in [-0.15, -0.1) is 0 Å². The van der Waals surface area contributed by atoms with Crippen molar-refractivity contribution >= 4 is 23.8 Å². The lowest BCUT2D eigenvalue weighted by atomic mass is 10.0. The van der Waals surface area contributed by atoms with Crippen LogP contribution in [0.4, 0.5) is 16.6 Å². The zero-order valence-electron chi connectivity index (χ0n) is 21.7. The van der Waals surface area contributed by atoms with Crippen molar-refractivity contribution in [2.24, 2.45) is 0 Å². The normalized spacial score (nSPS) is 11.5. The molecule has 2 aromatic carbocycles. The van der Waals surface area contributed by atoms with Crippen molar-refractivity contribution in [2.45, 2.75) is 19.4 Å². The van der Waals surface area contributed by atoms with Crippen molar-refractivity contribution in [3.63, 3.8) is 0 Å². The number of aliphatic hydroxyl groups is 2. The van der Waals surface area contributed by atoms with Crippen molar-refractivity contribution < 1.29 is 29.6 Å². The molecule has 38 heavy (non-hydrogen) atoms. The minimum Gasteiger partial charge on any atom is -0.480 e. The van der Waals surface area contributed by atoms with Crippen LogP contribution in [0.1, 0.15) is 11.1 Å². The fourth-order valence-electron chi connectivity index (χ4n) is 3.75. The maximum absolute atomic E-state index is 12.3. The lowest BCUT2D eigenvalue weighted by molar-refractivity contribution is -0.137. The number of aromatic nitrogens is 2. The molecular weight excluding hydrogens is 490 g/mol. The number of aliphatic hydroxyl groups excluding tert-OH is 2. The first kappa shape index (κ1) is 28.4. The molecule has 0 saturated heterocycles. The predicted molar refractivity (Wildman–Crippen MR) is 143 cm³/mol. The van der Waals surface area contributed by atoms with Gasteiger partial charge in [-0.3, -0.25) is 0 Å². The van der Waals surface area contributed by atoms with Crippen LogP contribution >= 0.6 is 0 Å². The monoisotopic (exact) mass is 523 g/mol. The maximum Gasteiger partial charge on any atom is 0.414 e. The summed E-state index contributed by atoms with van der Waals surface area (Å²) in [4.78, 5) is 36.0. The van der Waals surface area contributed by atoms with Gasteiger partial charge < -0.3 is 35.2 Å². The van der Waals surface area contributed by atoms with Gasteiger partial charge in [-0.25, -0.2) is 14.6 Å². The number of carbonyl (C=O) groups excluding carboxylic acids is 1. The van der Waals surface area contributed by atoms with E-state index in [4.69, 9.17) is 4.74 Å². The molecule has 3 rings (SSSR count). The second-order valence-corrected chi connectivity index (χ2v) is 8.83. The molecule has 1 aromatic heterocycles. The smallest absolute Gasteiger partial charge is 0.414 e. The number of aryl methyl sites for hydroxylation is 1. The van der Waals surface area contributed by atoms with Crippen LogP contribution in [0.2, 0.25) is 0 Å². The van der Waals surface area contributed by atoms with Crippen molar-refractivity contribution in [2.75, 3.05) is 50.6 Å². The Morgan fingerprint density at radius 1 is 1.00 bits per heavy atom. The summed E-state index contributed by atoms with van der Waals surface area (Å²) in [5.41, 5.74) is 3.14. The minimum absolute atomic E-state index is 0.126. The van der Waals surface area contributed by atoms with Crippen LogP contribution in [0.25, 0.3) is 11.1 Å². The highest BCUT2D eigenvalue weighted by molar-refractivity contribution is 5.83. The Kier molecular flexibility index (Phi) is 9.97. The standard InChI is InChI=1S/C27H33N5O6/c1-18-6-4-5-7-21(18)22-17-28-26(32(12-14-33)13-15-34)30-24(22)29-23(25(35)36)16-19-8-10-20(11-9-19)38-27(37)31(2)3/h4-11,17,23,33-34H,12-16H2,1-3H3,(H,35,36)(H,28,29,30)/t23-/m0/s1. The van der Waals surface area contributed by atoms with E-state index < -0.39 is 18.1 Å². The van der Waals surface area contributed by atoms with E-state index in [0.29, 0.717) is 22.7 Å². The van der Waals surface area contributed by atoms with Crippen LogP contribution in [0.3, 0.4) is 0 Å². The summed E-state index contributed by atoms with van der Waals surface area (Å²) in [6.45, 7) is 2.02. The van der Waals surface area contributed by atoms with Crippen LogP contribution in [0, 0.1) is 6.92 Å². The van der Waals surface area contributed by atoms with E-state index in [9.17, 15) is 24.9 Å². The average Bonchev–Trinajstić information content (AvgIpc) is 2.89. The van der Waals surface area contributed by atoms with Gasteiger partial charge in [0, 0.05) is 45.4 Å². The molecule has 0 unspecified atom stereocenters. The molecule has 11 nitrogen and oxygen atoms in total. The van der Waals surface area contributed by atoms with E-state index in [1.165, 1.54) is 4.90 Å². The number of hydrogen-bond acceptors (Lipinski definition) is 9. The number of anilines is 2. The number of nitrogens with one attached hydrogen (secondary N) is 1. The van der Waals surface area contributed by atoms with Gasteiger partial charge in [-0.05, 0) is 35.7 Å². The number of aliphatic carboxylic acids is 1. The quantitative estimate of drug-likeness (QED) is 0.279. The minimum atomic E-state index is -1.08. The number of carbonyl (C=O) groups is 2. The number of benzene rings is 2. The number of carboxylic acids is 1. The third-order valence-electron chi connectivity index (χ3n) is 5.78. The number of ether oxygens (including phenoxy) is 1. The Balaban J connectivity index is 1.93. The van der Waals surface area contributed by atoms with Gasteiger partial charge in [0.2, 0.25) is 5.95 Å². The van der Waals surface area contributed by atoms with E-state index in [0.717, 1.165) is 11.1 Å². The first-order valence-electron chi connectivity index (χ1n) is 12.1. The van der Waals surface area contributed by atoms with Gasteiger partial charge in [0.25, 0.3) is 0 Å². The summed E-state index contributed by atoms with van der Waals surface area (Å²) in [6.07, 6.45) is 1.23. The number of carboxylic acid groups (broad SMARTS) is 1. The fourth-order valence-corrected chi connectivity index (χ4v) is 3.75. The number of nitrogens with zero attached hydrogens (tertiary/aromatic N) is 4. The zero-order chi connectivity index (χ0) is 27.7. The molecule has 0 aliphatic heterocycles. The molecule has 1 heterocycles. The lowest BCUT2D eigenvalue weighted by Crippen LogP contribution is -2.34. The van der Waals surface area contributed by atoms with Crippen molar-refractivity contribution in [3.05, 3.63) is 65.9 Å². The van der Waals surface area contributed by atoms with Gasteiger partial charge in [0.1, 0.15) is 17.6 Å². The first-order chi connectivity index (χ1) is 18.2. The fraction of sp³-hybridized carbons (Fsp3) is 0.333. The van der Waals surface area contributed by atoms with Gasteiger partial charge >= 0.3 is 12.1 Å². The van der Waals surface area contributed by atoms with E-state index in [1.807, 2.05) is 31.2 Å². The highest BCUT2D eigenvalue weighted by Crippen LogP contribution is 2.31. The van der Waals surface area contributed by atoms with Crippen molar-refractivity contribution in [3.8, 4) is 16.9 Å². The molecule has 0 radical (unpaired) electrons. The van der Waals surface area contributed by atoms with Crippen LogP contribution in [-0.2, 0) is 11.2 Å². The summed E-state index contributed by atoms with van der Waals surface area (Å²) in [6, 6.07) is 13.2. The predicted octanol–water partition coefficient (Wildman–Crippen LogP) is 2.41. The summed E-state index contributed by atoms with van der Waals surface area (Å²) >= 11 is 0. The molecule has 3 aromatic rings. The molecule has 0 saturated carbocycles. The summed E-state index contributed by atoms with van der Waals surface area (Å²) in [7, 11) is 3.16. The zero-order valence-corrected chi connectivity index (χ0v) is 21.7. The van der Waals surface area contributed by atoms with Crippen LogP contribution in [0.5, 0.6) is 5.75 Å². The Hall–Kier alpha value is -4.22. The second kappa shape index (κ2) is 13.4. The van der Waals surface area contributed by atoms with Gasteiger partial charge in [-0.2, -0.15) is 4.98 Å². The largest absolute Gasteiger partial charge is 0.480 e. The summed E-state index contributed by atoms with van der Waals surface area (Å²) < 4.78 is 5.23. The molecule has 0 bridgehead atoms. The maximum atomic E-state index is 12.3. The molecule has 0 aliphatic carbocycles. The SMILES string of the molecule is Cc1ccccc1-c1cnc(N(CCO)CCO)nc1N[C@@H](Cc1ccc(OC(=O)N(C)C)cc1)C(=O)O. The molecule has 11 heteroatoms. The van der Waals surface area contributed by atoms with Gasteiger partial charge in [0.05, 0.1) is 13.2 Å². The van der Waals surface area contributed by atoms with Crippen LogP contribution in [-0.4, -0.2) is 88.7 Å². The van der Waals surface area contributed by atoms with E-state index in [2.05, 4.69) is 15.3 Å². The van der Waals surface area contributed by atoms with Crippen molar-refractivity contribution in [1.82, 2.24) is 14.9 Å². The van der Waals surface area contributed by atoms with Gasteiger partial charge in [-0.1, -0.05) is 36.4 Å². The molecule has 0 spiro atoms. The second-order valence-electron chi connectivity index (χ2n) is 8.83. The Morgan fingerprint density at radius 3 is 2.24 bits per heavy atom. The molecule has 0 fully saturated rings. The lowest BCUT2D eigenvalue weighted by Gasteiger charge is -2.23. The molecular formula is C27H33N5O6. The topological polar surface area (TPSA) is 148 Å². The third kappa shape index (κ3) is 7.40. The molecule has 4 N–H and O–H groups in total.